The molecule has 0 fully saturated rings. The molecule has 0 saturated carbocycles. The Morgan fingerprint density at radius 1 is 0.378 bits per heavy atom. The lowest BCUT2D eigenvalue weighted by atomic mass is 9.62. The fourth-order valence-corrected chi connectivity index (χ4v) is 8.43. The van der Waals surface area contributed by atoms with Crippen LogP contribution < -0.4 is 4.90 Å². The maximum absolute atomic E-state index is 2.60. The summed E-state index contributed by atoms with van der Waals surface area (Å²) < 4.78 is 0. The van der Waals surface area contributed by atoms with E-state index in [0.29, 0.717) is 0 Å². The highest BCUT2D eigenvalue weighted by Gasteiger charge is 2.52. The van der Waals surface area contributed by atoms with Crippen LogP contribution in [0, 0.1) is 0 Å². The van der Waals surface area contributed by atoms with E-state index in [2.05, 4.69) is 169 Å². The zero-order valence-electron chi connectivity index (χ0n) is 24.7. The highest BCUT2D eigenvalue weighted by atomic mass is 15.2. The number of fused-ring (bicyclic) bond motifs is 11. The second kappa shape index (κ2) is 9.17. The van der Waals surface area contributed by atoms with Gasteiger partial charge in [0.1, 0.15) is 0 Å². The van der Waals surface area contributed by atoms with Crippen molar-refractivity contribution in [3.63, 3.8) is 0 Å². The van der Waals surface area contributed by atoms with Crippen LogP contribution in [0.25, 0.3) is 44.5 Å². The van der Waals surface area contributed by atoms with Crippen LogP contribution in [0.4, 0.5) is 11.4 Å². The predicted molar refractivity (Wildman–Crippen MR) is 186 cm³/mol. The standard InChI is InChI=1S/C44H29N/c1-3-13-29(14-4-1)31-23-24-42-40(26-31)44(38-21-11-9-19-35(38)36-20-10-12-22-39(36)44)41-27-33(30-15-5-2-6-16-30)25-37-34-18-8-7-17-32(34)28-45(42)43(37)41/h1-27H,28H2. The third kappa shape index (κ3) is 3.27. The SMILES string of the molecule is c1ccc(-c2ccc3c(c2)C2(c4ccccc4-c4ccccc42)c2cc(-c4ccccc4)cc4c2N3Cc2ccccc2-4)cc1. The number of anilines is 2. The molecule has 0 radical (unpaired) electrons. The summed E-state index contributed by atoms with van der Waals surface area (Å²) in [6.07, 6.45) is 0. The fourth-order valence-electron chi connectivity index (χ4n) is 8.43. The molecule has 0 amide bonds. The molecule has 0 saturated heterocycles. The molecule has 7 aromatic carbocycles. The minimum absolute atomic E-state index is 0.467. The third-order valence-corrected chi connectivity index (χ3v) is 10.3. The predicted octanol–water partition coefficient (Wildman–Crippen LogP) is 11.0. The van der Waals surface area contributed by atoms with Gasteiger partial charge in [-0.25, -0.2) is 0 Å². The Kier molecular flexibility index (Phi) is 5.04. The highest BCUT2D eigenvalue weighted by Crippen LogP contribution is 2.65. The zero-order chi connectivity index (χ0) is 29.5. The van der Waals surface area contributed by atoms with Crippen molar-refractivity contribution in [2.75, 3.05) is 4.90 Å². The number of nitrogens with zero attached hydrogens (tertiary/aromatic N) is 1. The van der Waals surface area contributed by atoms with Gasteiger partial charge in [-0.05, 0) is 91.0 Å². The van der Waals surface area contributed by atoms with Gasteiger partial charge in [0.15, 0.2) is 0 Å². The number of rotatable bonds is 2. The number of hydrogen-bond acceptors (Lipinski definition) is 1. The Morgan fingerprint density at radius 2 is 0.933 bits per heavy atom. The van der Waals surface area contributed by atoms with Crippen molar-refractivity contribution in [1.82, 2.24) is 0 Å². The van der Waals surface area contributed by atoms with Crippen LogP contribution in [0.2, 0.25) is 0 Å². The molecule has 3 aliphatic rings. The molecule has 10 rings (SSSR count). The van der Waals surface area contributed by atoms with E-state index in [-0.39, 0.29) is 0 Å². The van der Waals surface area contributed by atoms with Gasteiger partial charge in [-0.3, -0.25) is 0 Å². The molecular formula is C44H29N. The van der Waals surface area contributed by atoms with Crippen molar-refractivity contribution in [3.05, 3.63) is 192 Å². The van der Waals surface area contributed by atoms with Gasteiger partial charge >= 0.3 is 0 Å². The van der Waals surface area contributed by atoms with Crippen LogP contribution in [0.1, 0.15) is 27.8 Å². The fraction of sp³-hybridized carbons (Fsp3) is 0.0455. The average Bonchev–Trinajstić information content (AvgIpc) is 3.41. The van der Waals surface area contributed by atoms with Crippen molar-refractivity contribution in [1.29, 1.82) is 0 Å². The van der Waals surface area contributed by atoms with Gasteiger partial charge in [-0.2, -0.15) is 0 Å². The van der Waals surface area contributed by atoms with Crippen molar-refractivity contribution in [3.8, 4) is 44.5 Å². The van der Waals surface area contributed by atoms with Crippen LogP contribution in [0.15, 0.2) is 164 Å². The zero-order valence-corrected chi connectivity index (χ0v) is 24.7. The molecule has 1 heteroatoms. The smallest absolute Gasteiger partial charge is 0.0754 e. The Balaban J connectivity index is 1.41. The van der Waals surface area contributed by atoms with E-state index in [1.807, 2.05) is 0 Å². The summed E-state index contributed by atoms with van der Waals surface area (Å²) in [5.74, 6) is 0. The molecule has 45 heavy (non-hydrogen) atoms. The molecule has 7 aromatic rings. The molecule has 1 spiro atoms. The largest absolute Gasteiger partial charge is 0.336 e. The lowest BCUT2D eigenvalue weighted by Gasteiger charge is -2.48. The third-order valence-electron chi connectivity index (χ3n) is 10.3. The summed E-state index contributed by atoms with van der Waals surface area (Å²) in [5, 5.41) is 0. The quantitative estimate of drug-likeness (QED) is 0.199. The van der Waals surface area contributed by atoms with Crippen LogP contribution in [0.5, 0.6) is 0 Å². The Labute approximate surface area is 263 Å². The Bertz CT molecular complexity index is 2250. The van der Waals surface area contributed by atoms with E-state index in [4.69, 9.17) is 0 Å². The summed E-state index contributed by atoms with van der Waals surface area (Å²) in [6.45, 7) is 0.845. The first-order chi connectivity index (χ1) is 22.3. The molecule has 1 nitrogen and oxygen atoms in total. The Hall–Kier alpha value is -5.66. The minimum atomic E-state index is -0.467. The summed E-state index contributed by atoms with van der Waals surface area (Å²) >= 11 is 0. The lowest BCUT2D eigenvalue weighted by molar-refractivity contribution is 0.733. The second-order valence-electron chi connectivity index (χ2n) is 12.5. The molecule has 1 aliphatic carbocycles. The molecule has 2 aliphatic heterocycles. The molecular weight excluding hydrogens is 542 g/mol. The van der Waals surface area contributed by atoms with Crippen LogP contribution in [0.3, 0.4) is 0 Å². The van der Waals surface area contributed by atoms with Crippen LogP contribution in [-0.4, -0.2) is 0 Å². The highest BCUT2D eigenvalue weighted by molar-refractivity contribution is 6.01. The van der Waals surface area contributed by atoms with Crippen molar-refractivity contribution < 1.29 is 0 Å². The topological polar surface area (TPSA) is 3.24 Å². The molecule has 0 bridgehead atoms. The first kappa shape index (κ1) is 24.7. The molecule has 0 N–H and O–H groups in total. The van der Waals surface area contributed by atoms with Crippen molar-refractivity contribution >= 4 is 11.4 Å². The van der Waals surface area contributed by atoms with E-state index in [9.17, 15) is 0 Å². The van der Waals surface area contributed by atoms with Crippen molar-refractivity contribution in [2.45, 2.75) is 12.0 Å². The van der Waals surface area contributed by atoms with E-state index in [1.54, 1.807) is 0 Å². The lowest BCUT2D eigenvalue weighted by Crippen LogP contribution is -2.39. The van der Waals surface area contributed by atoms with Crippen LogP contribution in [-0.2, 0) is 12.0 Å². The van der Waals surface area contributed by atoms with Gasteiger partial charge in [0, 0.05) is 17.8 Å². The molecule has 210 valence electrons. The normalized spacial score (nSPS) is 14.3. The van der Waals surface area contributed by atoms with Crippen molar-refractivity contribution in [2.24, 2.45) is 0 Å². The van der Waals surface area contributed by atoms with E-state index >= 15 is 0 Å². The molecule has 0 atom stereocenters. The first-order valence-corrected chi connectivity index (χ1v) is 15.8. The second-order valence-corrected chi connectivity index (χ2v) is 12.5. The minimum Gasteiger partial charge on any atom is -0.336 e. The van der Waals surface area contributed by atoms with Gasteiger partial charge in [-0.1, -0.05) is 140 Å². The van der Waals surface area contributed by atoms with Gasteiger partial charge < -0.3 is 4.90 Å². The van der Waals surface area contributed by atoms with Crippen LogP contribution >= 0.6 is 0 Å². The molecule has 0 unspecified atom stereocenters. The summed E-state index contributed by atoms with van der Waals surface area (Å²) in [5.41, 5.74) is 19.2. The van der Waals surface area contributed by atoms with Gasteiger partial charge in [0.05, 0.1) is 11.1 Å². The summed E-state index contributed by atoms with van der Waals surface area (Å²) in [4.78, 5) is 2.60. The van der Waals surface area contributed by atoms with E-state index in [0.717, 1.165) is 6.54 Å². The molecule has 2 heterocycles. The maximum Gasteiger partial charge on any atom is 0.0754 e. The Morgan fingerprint density at radius 3 is 1.62 bits per heavy atom. The maximum atomic E-state index is 2.60. The number of hydrogen-bond donors (Lipinski definition) is 0. The summed E-state index contributed by atoms with van der Waals surface area (Å²) in [6, 6.07) is 61.1. The first-order valence-electron chi connectivity index (χ1n) is 15.8. The van der Waals surface area contributed by atoms with Gasteiger partial charge in [0.25, 0.3) is 0 Å². The van der Waals surface area contributed by atoms with E-state index in [1.165, 1.54) is 83.7 Å². The van der Waals surface area contributed by atoms with E-state index < -0.39 is 5.41 Å². The monoisotopic (exact) mass is 571 g/mol. The number of benzene rings is 7. The van der Waals surface area contributed by atoms with Gasteiger partial charge in [-0.15, -0.1) is 0 Å². The summed E-state index contributed by atoms with van der Waals surface area (Å²) in [7, 11) is 0. The van der Waals surface area contributed by atoms with Gasteiger partial charge in [0.2, 0.25) is 0 Å². The average molecular weight is 572 g/mol. The molecule has 0 aromatic heterocycles.